The summed E-state index contributed by atoms with van der Waals surface area (Å²) in [6.45, 7) is 5.25. The van der Waals surface area contributed by atoms with Gasteiger partial charge in [-0.2, -0.15) is 0 Å². The highest BCUT2D eigenvalue weighted by Crippen LogP contribution is 2.28. The van der Waals surface area contributed by atoms with E-state index >= 15 is 0 Å². The van der Waals surface area contributed by atoms with Crippen molar-refractivity contribution in [1.82, 2.24) is 0 Å². The lowest BCUT2D eigenvalue weighted by atomic mass is 10.5. The van der Waals surface area contributed by atoms with E-state index in [0.29, 0.717) is 0 Å². The van der Waals surface area contributed by atoms with Gasteiger partial charge in [-0.25, -0.2) is 0 Å². The van der Waals surface area contributed by atoms with E-state index in [-0.39, 0.29) is 5.92 Å². The van der Waals surface area contributed by atoms with Crippen LogP contribution in [0.1, 0.15) is 19.8 Å². The zero-order valence-electron chi connectivity index (χ0n) is 5.63. The highest BCUT2D eigenvalue weighted by atomic mass is 16.4. The van der Waals surface area contributed by atoms with Gasteiger partial charge >= 0.3 is 5.97 Å². The quantitative estimate of drug-likeness (QED) is 0.545. The zero-order valence-corrected chi connectivity index (χ0v) is 5.63. The van der Waals surface area contributed by atoms with Crippen molar-refractivity contribution in [3.8, 4) is 0 Å². The second-order valence-corrected chi connectivity index (χ2v) is 2.02. The van der Waals surface area contributed by atoms with Crippen LogP contribution in [0.15, 0.2) is 12.7 Å². The van der Waals surface area contributed by atoms with Gasteiger partial charge < -0.3 is 5.11 Å². The maximum atomic E-state index is 9.76. The zero-order chi connectivity index (χ0) is 7.28. The van der Waals surface area contributed by atoms with Gasteiger partial charge in [0.05, 0.1) is 5.92 Å². The Kier molecular flexibility index (Phi) is 3.76. The number of hydrogen-bond acceptors (Lipinski definition) is 1. The Morgan fingerprint density at radius 3 is 2.11 bits per heavy atom. The fourth-order valence-corrected chi connectivity index (χ4v) is 0.330. The van der Waals surface area contributed by atoms with E-state index < -0.39 is 5.97 Å². The van der Waals surface area contributed by atoms with E-state index in [9.17, 15) is 4.79 Å². The molecule has 0 amide bonds. The van der Waals surface area contributed by atoms with Crippen molar-refractivity contribution in [2.45, 2.75) is 19.8 Å². The molecule has 9 heavy (non-hydrogen) atoms. The topological polar surface area (TPSA) is 37.3 Å². The van der Waals surface area contributed by atoms with Crippen LogP contribution in [0.4, 0.5) is 0 Å². The number of aliphatic carboxylic acids is 1. The normalized spacial score (nSPS) is 15.2. The van der Waals surface area contributed by atoms with Crippen LogP contribution in [0.5, 0.6) is 0 Å². The van der Waals surface area contributed by atoms with Crippen molar-refractivity contribution in [2.75, 3.05) is 0 Å². The van der Waals surface area contributed by atoms with Crippen molar-refractivity contribution in [3.05, 3.63) is 12.7 Å². The van der Waals surface area contributed by atoms with E-state index in [2.05, 4.69) is 6.58 Å². The average Bonchev–Trinajstić information content (AvgIpc) is 2.44. The third-order valence-electron chi connectivity index (χ3n) is 0.927. The standard InChI is InChI=1S/C4H6O2.C3H6/c5-4(6)3-1-2-3;1-3-2/h3H,1-2H2,(H,5,6);3H,1H2,2H3. The lowest BCUT2D eigenvalue weighted by Crippen LogP contribution is -1.94. The second-order valence-electron chi connectivity index (χ2n) is 2.02. The van der Waals surface area contributed by atoms with E-state index in [4.69, 9.17) is 5.11 Å². The smallest absolute Gasteiger partial charge is 0.306 e. The molecule has 0 spiro atoms. The molecule has 1 aliphatic rings. The van der Waals surface area contributed by atoms with E-state index in [1.807, 2.05) is 6.92 Å². The number of carboxylic acids is 1. The summed E-state index contributed by atoms with van der Waals surface area (Å²) >= 11 is 0. The second kappa shape index (κ2) is 4.13. The fraction of sp³-hybridized carbons (Fsp3) is 0.571. The Hall–Kier alpha value is -0.790. The third-order valence-corrected chi connectivity index (χ3v) is 0.927. The van der Waals surface area contributed by atoms with Gasteiger partial charge in [-0.1, -0.05) is 6.08 Å². The third kappa shape index (κ3) is 5.07. The van der Waals surface area contributed by atoms with Crippen LogP contribution in [0.25, 0.3) is 0 Å². The first-order valence-corrected chi connectivity index (χ1v) is 3.02. The summed E-state index contributed by atoms with van der Waals surface area (Å²) in [5.41, 5.74) is 0. The van der Waals surface area contributed by atoms with Crippen LogP contribution in [-0.4, -0.2) is 11.1 Å². The molecule has 2 nitrogen and oxygen atoms in total. The van der Waals surface area contributed by atoms with Crippen LogP contribution in [0.3, 0.4) is 0 Å². The van der Waals surface area contributed by atoms with Gasteiger partial charge in [0, 0.05) is 0 Å². The minimum Gasteiger partial charge on any atom is -0.481 e. The Morgan fingerprint density at radius 2 is 2.11 bits per heavy atom. The van der Waals surface area contributed by atoms with Crippen molar-refractivity contribution >= 4 is 5.97 Å². The molecule has 0 heterocycles. The summed E-state index contributed by atoms with van der Waals surface area (Å²) in [5.74, 6) is -0.611. The summed E-state index contributed by atoms with van der Waals surface area (Å²) in [7, 11) is 0. The molecule has 1 saturated carbocycles. The van der Waals surface area contributed by atoms with E-state index in [1.165, 1.54) is 0 Å². The molecule has 1 fully saturated rings. The first kappa shape index (κ1) is 8.21. The number of carboxylic acid groups (broad SMARTS) is 1. The molecule has 0 unspecified atom stereocenters. The van der Waals surface area contributed by atoms with Crippen LogP contribution in [0.2, 0.25) is 0 Å². The number of carbonyl (C=O) groups is 1. The molecule has 0 aromatic rings. The van der Waals surface area contributed by atoms with Gasteiger partial charge in [-0.3, -0.25) is 4.79 Å². The molecule has 0 atom stereocenters. The Balaban J connectivity index is 0.000000187. The molecule has 1 rings (SSSR count). The molecule has 0 aromatic heterocycles. The molecular weight excluding hydrogens is 116 g/mol. The lowest BCUT2D eigenvalue weighted by molar-refractivity contribution is -0.138. The number of hydrogen-bond donors (Lipinski definition) is 1. The van der Waals surface area contributed by atoms with Crippen molar-refractivity contribution in [1.29, 1.82) is 0 Å². The van der Waals surface area contributed by atoms with E-state index in [1.54, 1.807) is 6.08 Å². The molecule has 2 heteroatoms. The Morgan fingerprint density at radius 1 is 1.78 bits per heavy atom. The first-order chi connectivity index (χ1) is 4.22. The summed E-state index contributed by atoms with van der Waals surface area (Å²) in [6.07, 6.45) is 3.55. The maximum Gasteiger partial charge on any atom is 0.306 e. The SMILES string of the molecule is C=CC.O=C(O)C1CC1. The molecule has 0 radical (unpaired) electrons. The number of allylic oxidation sites excluding steroid dienone is 1. The molecule has 1 N–H and O–H groups in total. The van der Waals surface area contributed by atoms with Crippen molar-refractivity contribution in [2.24, 2.45) is 5.92 Å². The summed E-state index contributed by atoms with van der Waals surface area (Å²) in [4.78, 5) is 9.76. The predicted octanol–water partition coefficient (Wildman–Crippen LogP) is 1.67. The van der Waals surface area contributed by atoms with Crippen molar-refractivity contribution < 1.29 is 9.90 Å². The maximum absolute atomic E-state index is 9.76. The van der Waals surface area contributed by atoms with E-state index in [0.717, 1.165) is 12.8 Å². The van der Waals surface area contributed by atoms with Gasteiger partial charge in [-0.15, -0.1) is 6.58 Å². The molecule has 0 bridgehead atoms. The Bertz CT molecular complexity index is 103. The molecule has 0 saturated heterocycles. The van der Waals surface area contributed by atoms with Gasteiger partial charge in [0.1, 0.15) is 0 Å². The van der Waals surface area contributed by atoms with Crippen LogP contribution in [0, 0.1) is 5.92 Å². The summed E-state index contributed by atoms with van der Waals surface area (Å²) in [5, 5.41) is 8.05. The minimum absolute atomic E-state index is 0.0185. The molecule has 52 valence electrons. The number of rotatable bonds is 1. The highest BCUT2D eigenvalue weighted by molar-refractivity contribution is 5.72. The summed E-state index contributed by atoms with van der Waals surface area (Å²) < 4.78 is 0. The molecule has 0 aliphatic heterocycles. The minimum atomic E-state index is -0.630. The largest absolute Gasteiger partial charge is 0.481 e. The van der Waals surface area contributed by atoms with Crippen LogP contribution >= 0.6 is 0 Å². The average molecular weight is 128 g/mol. The van der Waals surface area contributed by atoms with Gasteiger partial charge in [0.25, 0.3) is 0 Å². The molecule has 1 aliphatic carbocycles. The first-order valence-electron chi connectivity index (χ1n) is 3.02. The van der Waals surface area contributed by atoms with Crippen molar-refractivity contribution in [3.63, 3.8) is 0 Å². The Labute approximate surface area is 55.2 Å². The fourth-order valence-electron chi connectivity index (χ4n) is 0.330. The van der Waals surface area contributed by atoms with Gasteiger partial charge in [-0.05, 0) is 19.8 Å². The van der Waals surface area contributed by atoms with Crippen LogP contribution in [-0.2, 0) is 4.79 Å². The molecule has 0 aromatic carbocycles. The summed E-state index contributed by atoms with van der Waals surface area (Å²) in [6, 6.07) is 0. The molecular formula is C7H12O2. The lowest BCUT2D eigenvalue weighted by Gasteiger charge is -1.75. The highest BCUT2D eigenvalue weighted by Gasteiger charge is 2.28. The van der Waals surface area contributed by atoms with Gasteiger partial charge in [0.15, 0.2) is 0 Å². The predicted molar refractivity (Wildman–Crippen MR) is 36.2 cm³/mol. The monoisotopic (exact) mass is 128 g/mol. The van der Waals surface area contributed by atoms with Crippen LogP contribution < -0.4 is 0 Å². The van der Waals surface area contributed by atoms with Gasteiger partial charge in [0.2, 0.25) is 0 Å².